The summed E-state index contributed by atoms with van der Waals surface area (Å²) in [6.07, 6.45) is 3.45. The Morgan fingerprint density at radius 2 is 2.27 bits per heavy atom. The van der Waals surface area contributed by atoms with Gasteiger partial charge in [0.1, 0.15) is 5.75 Å². The summed E-state index contributed by atoms with van der Waals surface area (Å²) in [6, 6.07) is 8.27. The first-order chi connectivity index (χ1) is 10.7. The maximum atomic E-state index is 12.1. The van der Waals surface area contributed by atoms with Crippen LogP contribution < -0.4 is 15.4 Å². The van der Waals surface area contributed by atoms with Crippen molar-refractivity contribution in [2.75, 3.05) is 33.8 Å². The highest BCUT2D eigenvalue weighted by molar-refractivity contribution is 5.78. The first-order valence-electron chi connectivity index (χ1n) is 7.99. The van der Waals surface area contributed by atoms with Crippen molar-refractivity contribution >= 4 is 5.91 Å². The molecule has 5 nitrogen and oxygen atoms in total. The highest BCUT2D eigenvalue weighted by Crippen LogP contribution is 2.13. The largest absolute Gasteiger partial charge is 0.497 e. The Morgan fingerprint density at radius 1 is 1.41 bits per heavy atom. The molecule has 1 atom stereocenters. The third-order valence-corrected chi connectivity index (χ3v) is 4.19. The van der Waals surface area contributed by atoms with Crippen molar-refractivity contribution in [3.8, 4) is 5.75 Å². The third kappa shape index (κ3) is 5.31. The molecule has 1 aromatic rings. The lowest BCUT2D eigenvalue weighted by Crippen LogP contribution is -2.40. The predicted octanol–water partition coefficient (Wildman–Crippen LogP) is 1.39. The van der Waals surface area contributed by atoms with Crippen LogP contribution in [0.25, 0.3) is 0 Å². The molecule has 1 unspecified atom stereocenters. The highest BCUT2D eigenvalue weighted by Gasteiger charge is 2.18. The predicted molar refractivity (Wildman–Crippen MR) is 88.0 cm³/mol. The van der Waals surface area contributed by atoms with Gasteiger partial charge in [-0.1, -0.05) is 12.1 Å². The lowest BCUT2D eigenvalue weighted by molar-refractivity contribution is -0.122. The Balaban J connectivity index is 1.76. The molecule has 1 aliphatic heterocycles. The fourth-order valence-corrected chi connectivity index (χ4v) is 2.84. The molecular weight excluding hydrogens is 278 g/mol. The maximum absolute atomic E-state index is 12.1. The van der Waals surface area contributed by atoms with Crippen molar-refractivity contribution in [1.82, 2.24) is 15.5 Å². The van der Waals surface area contributed by atoms with E-state index in [1.165, 1.54) is 6.42 Å². The standard InChI is InChI=1S/C17H27N3O2/c1-20(15-6-4-9-18-10-8-15)13-17(21)19-12-14-5-3-7-16(11-14)22-2/h3,5,7,11,15,18H,4,6,8-10,12-13H2,1-2H3,(H,19,21). The van der Waals surface area contributed by atoms with E-state index in [9.17, 15) is 4.79 Å². The van der Waals surface area contributed by atoms with Crippen LogP contribution in [0.2, 0.25) is 0 Å². The Labute approximate surface area is 133 Å². The zero-order valence-corrected chi connectivity index (χ0v) is 13.6. The van der Waals surface area contributed by atoms with E-state index in [4.69, 9.17) is 4.74 Å². The number of carbonyl (C=O) groups excluding carboxylic acids is 1. The Bertz CT molecular complexity index is 471. The molecule has 1 amide bonds. The smallest absolute Gasteiger partial charge is 0.234 e. The molecule has 0 saturated carbocycles. The SMILES string of the molecule is COc1cccc(CNC(=O)CN(C)C2CCCNCC2)c1. The lowest BCUT2D eigenvalue weighted by atomic mass is 10.1. The monoisotopic (exact) mass is 305 g/mol. The van der Waals surface area contributed by atoms with Gasteiger partial charge in [-0.05, 0) is 57.1 Å². The molecule has 5 heteroatoms. The molecule has 22 heavy (non-hydrogen) atoms. The van der Waals surface area contributed by atoms with E-state index in [0.717, 1.165) is 37.2 Å². The van der Waals surface area contributed by atoms with Crippen LogP contribution in [-0.2, 0) is 11.3 Å². The summed E-state index contributed by atoms with van der Waals surface area (Å²) in [5.41, 5.74) is 1.05. The molecule has 2 N–H and O–H groups in total. The van der Waals surface area contributed by atoms with Gasteiger partial charge in [-0.3, -0.25) is 9.69 Å². The minimum absolute atomic E-state index is 0.0718. The molecule has 1 aromatic carbocycles. The average Bonchev–Trinajstić information content (AvgIpc) is 2.82. The van der Waals surface area contributed by atoms with Gasteiger partial charge >= 0.3 is 0 Å². The molecule has 1 saturated heterocycles. The van der Waals surface area contributed by atoms with Gasteiger partial charge in [-0.2, -0.15) is 0 Å². The van der Waals surface area contributed by atoms with E-state index in [-0.39, 0.29) is 5.91 Å². The van der Waals surface area contributed by atoms with Gasteiger partial charge in [0.15, 0.2) is 0 Å². The number of benzene rings is 1. The van der Waals surface area contributed by atoms with Gasteiger partial charge in [-0.15, -0.1) is 0 Å². The van der Waals surface area contributed by atoms with Crippen molar-refractivity contribution in [3.05, 3.63) is 29.8 Å². The Morgan fingerprint density at radius 3 is 3.09 bits per heavy atom. The molecule has 1 aliphatic rings. The van der Waals surface area contributed by atoms with E-state index < -0.39 is 0 Å². The van der Waals surface area contributed by atoms with Crippen LogP contribution in [0.5, 0.6) is 5.75 Å². The van der Waals surface area contributed by atoms with E-state index >= 15 is 0 Å². The number of rotatable bonds is 6. The van der Waals surface area contributed by atoms with Crippen LogP contribution in [0.4, 0.5) is 0 Å². The number of ether oxygens (including phenoxy) is 1. The second kappa shape index (κ2) is 8.76. The Kier molecular flexibility index (Phi) is 6.68. The molecule has 122 valence electrons. The summed E-state index contributed by atoms with van der Waals surface area (Å²) in [5, 5.41) is 6.39. The molecule has 0 radical (unpaired) electrons. The molecule has 1 fully saturated rings. The van der Waals surface area contributed by atoms with Crippen LogP contribution in [0.15, 0.2) is 24.3 Å². The highest BCUT2D eigenvalue weighted by atomic mass is 16.5. The summed E-state index contributed by atoms with van der Waals surface area (Å²) in [4.78, 5) is 14.3. The number of hydrogen-bond acceptors (Lipinski definition) is 4. The topological polar surface area (TPSA) is 53.6 Å². The zero-order valence-electron chi connectivity index (χ0n) is 13.6. The van der Waals surface area contributed by atoms with Gasteiger partial charge < -0.3 is 15.4 Å². The molecule has 0 aromatic heterocycles. The zero-order chi connectivity index (χ0) is 15.8. The number of amides is 1. The fourth-order valence-electron chi connectivity index (χ4n) is 2.84. The summed E-state index contributed by atoms with van der Waals surface area (Å²) in [7, 11) is 3.69. The van der Waals surface area contributed by atoms with Gasteiger partial charge in [-0.25, -0.2) is 0 Å². The van der Waals surface area contributed by atoms with Gasteiger partial charge in [0.05, 0.1) is 13.7 Å². The molecule has 0 spiro atoms. The number of likely N-dealkylation sites (N-methyl/N-ethyl adjacent to an activating group) is 1. The summed E-state index contributed by atoms with van der Waals surface area (Å²) in [5.74, 6) is 0.886. The van der Waals surface area contributed by atoms with Crippen molar-refractivity contribution in [3.63, 3.8) is 0 Å². The summed E-state index contributed by atoms with van der Waals surface area (Å²) in [6.45, 7) is 3.12. The quantitative estimate of drug-likeness (QED) is 0.834. The number of methoxy groups -OCH3 is 1. The van der Waals surface area contributed by atoms with E-state index in [0.29, 0.717) is 19.1 Å². The van der Waals surface area contributed by atoms with E-state index in [1.807, 2.05) is 31.3 Å². The summed E-state index contributed by atoms with van der Waals surface area (Å²) >= 11 is 0. The molecule has 0 bridgehead atoms. The number of nitrogens with one attached hydrogen (secondary N) is 2. The third-order valence-electron chi connectivity index (χ3n) is 4.19. The van der Waals surface area contributed by atoms with Gasteiger partial charge in [0.25, 0.3) is 0 Å². The van der Waals surface area contributed by atoms with Crippen LogP contribution in [0.3, 0.4) is 0 Å². The fraction of sp³-hybridized carbons (Fsp3) is 0.588. The number of carbonyl (C=O) groups is 1. The van der Waals surface area contributed by atoms with E-state index in [1.54, 1.807) is 7.11 Å². The van der Waals surface area contributed by atoms with Crippen LogP contribution in [-0.4, -0.2) is 50.6 Å². The normalized spacial score (nSPS) is 18.8. The van der Waals surface area contributed by atoms with Crippen molar-refractivity contribution in [1.29, 1.82) is 0 Å². The van der Waals surface area contributed by atoms with Crippen LogP contribution in [0, 0.1) is 0 Å². The number of nitrogens with zero attached hydrogens (tertiary/aromatic N) is 1. The second-order valence-electron chi connectivity index (χ2n) is 5.88. The molecule has 1 heterocycles. The Hall–Kier alpha value is -1.59. The lowest BCUT2D eigenvalue weighted by Gasteiger charge is -2.26. The minimum atomic E-state index is 0.0718. The second-order valence-corrected chi connectivity index (χ2v) is 5.88. The number of hydrogen-bond donors (Lipinski definition) is 2. The molecule has 0 aliphatic carbocycles. The first-order valence-corrected chi connectivity index (χ1v) is 7.99. The van der Waals surface area contributed by atoms with Crippen LogP contribution in [0.1, 0.15) is 24.8 Å². The molecular formula is C17H27N3O2. The summed E-state index contributed by atoms with van der Waals surface area (Å²) < 4.78 is 5.19. The van der Waals surface area contributed by atoms with Gasteiger partial charge in [0.2, 0.25) is 5.91 Å². The van der Waals surface area contributed by atoms with Crippen molar-refractivity contribution < 1.29 is 9.53 Å². The van der Waals surface area contributed by atoms with Crippen molar-refractivity contribution in [2.45, 2.75) is 31.8 Å². The van der Waals surface area contributed by atoms with Crippen molar-refractivity contribution in [2.24, 2.45) is 0 Å². The first kappa shape index (κ1) is 16.8. The average molecular weight is 305 g/mol. The van der Waals surface area contributed by atoms with E-state index in [2.05, 4.69) is 15.5 Å². The minimum Gasteiger partial charge on any atom is -0.497 e. The maximum Gasteiger partial charge on any atom is 0.234 e. The van der Waals surface area contributed by atoms with Crippen LogP contribution >= 0.6 is 0 Å². The molecule has 2 rings (SSSR count). The van der Waals surface area contributed by atoms with Gasteiger partial charge in [0, 0.05) is 12.6 Å².